The molecular formula is C8H13F3O3. The molecule has 0 fully saturated rings. The van der Waals surface area contributed by atoms with E-state index in [9.17, 15) is 18.0 Å². The molecule has 0 aliphatic carbocycles. The van der Waals surface area contributed by atoms with Gasteiger partial charge >= 0.3 is 12.1 Å². The molecule has 0 radical (unpaired) electrons. The largest absolute Gasteiger partial charge is 0.481 e. The molecule has 0 saturated carbocycles. The monoisotopic (exact) mass is 214 g/mol. The van der Waals surface area contributed by atoms with E-state index in [1.54, 1.807) is 13.8 Å². The van der Waals surface area contributed by atoms with Crippen molar-refractivity contribution in [1.82, 2.24) is 0 Å². The zero-order chi connectivity index (χ0) is 11.4. The molecule has 1 unspecified atom stereocenters. The number of ether oxygens (including phenoxy) is 1. The van der Waals surface area contributed by atoms with E-state index in [1.165, 1.54) is 0 Å². The highest BCUT2D eigenvalue weighted by molar-refractivity contribution is 5.67. The molecule has 0 aromatic rings. The van der Waals surface area contributed by atoms with E-state index < -0.39 is 24.7 Å². The van der Waals surface area contributed by atoms with Crippen LogP contribution in [0.3, 0.4) is 0 Å². The van der Waals surface area contributed by atoms with Gasteiger partial charge in [0, 0.05) is 6.61 Å². The molecule has 0 heterocycles. The number of alkyl halides is 3. The molecule has 0 aromatic heterocycles. The van der Waals surface area contributed by atoms with Crippen molar-refractivity contribution in [3.8, 4) is 0 Å². The first-order chi connectivity index (χ1) is 6.23. The molecule has 0 bridgehead atoms. The second-order valence-electron chi connectivity index (χ2n) is 3.36. The van der Waals surface area contributed by atoms with E-state index in [0.717, 1.165) is 0 Å². The quantitative estimate of drug-likeness (QED) is 0.761. The van der Waals surface area contributed by atoms with Crippen molar-refractivity contribution in [2.24, 2.45) is 5.92 Å². The summed E-state index contributed by atoms with van der Waals surface area (Å²) >= 11 is 0. The molecule has 6 heteroatoms. The van der Waals surface area contributed by atoms with E-state index >= 15 is 0 Å². The topological polar surface area (TPSA) is 46.5 Å². The van der Waals surface area contributed by atoms with Crippen LogP contribution in [-0.4, -0.2) is 30.0 Å². The molecule has 1 atom stereocenters. The summed E-state index contributed by atoms with van der Waals surface area (Å²) in [5.74, 6) is -1.58. The predicted molar refractivity (Wildman–Crippen MR) is 42.9 cm³/mol. The minimum absolute atomic E-state index is 0.0614. The first kappa shape index (κ1) is 13.2. The Labute approximate surface area is 79.9 Å². The second kappa shape index (κ2) is 5.19. The van der Waals surface area contributed by atoms with Crippen LogP contribution in [0.4, 0.5) is 13.2 Å². The predicted octanol–water partition coefficient (Wildman–Crippen LogP) is 2.06. The van der Waals surface area contributed by atoms with Crippen molar-refractivity contribution >= 4 is 5.97 Å². The van der Waals surface area contributed by atoms with Gasteiger partial charge in [0.15, 0.2) is 6.10 Å². The number of halogens is 3. The molecule has 84 valence electrons. The van der Waals surface area contributed by atoms with E-state index in [0.29, 0.717) is 0 Å². The van der Waals surface area contributed by atoms with Crippen molar-refractivity contribution < 1.29 is 27.8 Å². The van der Waals surface area contributed by atoms with Gasteiger partial charge in [0.05, 0.1) is 6.42 Å². The SMILES string of the molecule is CC(C)COC(CC(=O)O)C(F)(F)F. The summed E-state index contributed by atoms with van der Waals surface area (Å²) < 4.78 is 40.9. The molecule has 1 N–H and O–H groups in total. The zero-order valence-corrected chi connectivity index (χ0v) is 7.97. The average Bonchev–Trinajstić information content (AvgIpc) is 1.94. The van der Waals surface area contributed by atoms with Crippen LogP contribution in [0.15, 0.2) is 0 Å². The third-order valence-corrected chi connectivity index (χ3v) is 1.36. The Kier molecular flexibility index (Phi) is 4.90. The van der Waals surface area contributed by atoms with E-state index in [1.807, 2.05) is 0 Å². The molecule has 0 spiro atoms. The Balaban J connectivity index is 4.19. The molecule has 0 saturated heterocycles. The summed E-state index contributed by atoms with van der Waals surface area (Å²) in [5.41, 5.74) is 0. The molecular weight excluding hydrogens is 201 g/mol. The number of hydrogen-bond acceptors (Lipinski definition) is 2. The summed E-state index contributed by atoms with van der Waals surface area (Å²) in [4.78, 5) is 10.1. The fraction of sp³-hybridized carbons (Fsp3) is 0.875. The van der Waals surface area contributed by atoms with Crippen LogP contribution in [0.1, 0.15) is 20.3 Å². The van der Waals surface area contributed by atoms with Crippen molar-refractivity contribution in [3.63, 3.8) is 0 Å². The number of hydrogen-bond donors (Lipinski definition) is 1. The molecule has 0 aliphatic rings. The number of carboxylic acid groups (broad SMARTS) is 1. The number of carbonyl (C=O) groups is 1. The normalized spacial score (nSPS) is 14.4. The van der Waals surface area contributed by atoms with Crippen LogP contribution in [0.5, 0.6) is 0 Å². The molecule has 0 aromatic carbocycles. The maximum absolute atomic E-state index is 12.1. The van der Waals surface area contributed by atoms with Gasteiger partial charge in [0.2, 0.25) is 0 Å². The van der Waals surface area contributed by atoms with Crippen molar-refractivity contribution in [2.75, 3.05) is 6.61 Å². The van der Waals surface area contributed by atoms with Gasteiger partial charge in [-0.3, -0.25) is 4.79 Å². The molecule has 0 amide bonds. The number of aliphatic carboxylic acids is 1. The third kappa shape index (κ3) is 5.80. The standard InChI is InChI=1S/C8H13F3O3/c1-5(2)4-14-6(3-7(12)13)8(9,10)11/h5-6H,3-4H2,1-2H3,(H,12,13). The zero-order valence-electron chi connectivity index (χ0n) is 7.97. The van der Waals surface area contributed by atoms with Gasteiger partial charge in [-0.1, -0.05) is 13.8 Å². The lowest BCUT2D eigenvalue weighted by Crippen LogP contribution is -2.34. The minimum Gasteiger partial charge on any atom is -0.481 e. The molecule has 14 heavy (non-hydrogen) atoms. The highest BCUT2D eigenvalue weighted by Crippen LogP contribution is 2.25. The van der Waals surface area contributed by atoms with Gasteiger partial charge in [-0.2, -0.15) is 13.2 Å². The lowest BCUT2D eigenvalue weighted by molar-refractivity contribution is -0.226. The van der Waals surface area contributed by atoms with Crippen LogP contribution in [0, 0.1) is 5.92 Å². The summed E-state index contributed by atoms with van der Waals surface area (Å²) in [6.07, 6.45) is -7.87. The second-order valence-corrected chi connectivity index (χ2v) is 3.36. The lowest BCUT2D eigenvalue weighted by atomic mass is 10.2. The van der Waals surface area contributed by atoms with Gasteiger partial charge in [-0.25, -0.2) is 0 Å². The van der Waals surface area contributed by atoms with E-state index in [2.05, 4.69) is 4.74 Å². The van der Waals surface area contributed by atoms with Crippen LogP contribution >= 0.6 is 0 Å². The Morgan fingerprint density at radius 3 is 2.21 bits per heavy atom. The van der Waals surface area contributed by atoms with Crippen molar-refractivity contribution in [2.45, 2.75) is 32.5 Å². The Morgan fingerprint density at radius 2 is 1.93 bits per heavy atom. The Morgan fingerprint density at radius 1 is 1.43 bits per heavy atom. The summed E-state index contributed by atoms with van der Waals surface area (Å²) in [6.45, 7) is 3.28. The maximum atomic E-state index is 12.1. The summed E-state index contributed by atoms with van der Waals surface area (Å²) in [7, 11) is 0. The molecule has 0 rings (SSSR count). The van der Waals surface area contributed by atoms with Crippen LogP contribution < -0.4 is 0 Å². The first-order valence-electron chi connectivity index (χ1n) is 4.13. The van der Waals surface area contributed by atoms with Crippen LogP contribution in [0.2, 0.25) is 0 Å². The van der Waals surface area contributed by atoms with Gasteiger partial charge in [-0.15, -0.1) is 0 Å². The maximum Gasteiger partial charge on any atom is 0.415 e. The fourth-order valence-corrected chi connectivity index (χ4v) is 0.736. The Bertz CT molecular complexity index is 189. The van der Waals surface area contributed by atoms with Crippen molar-refractivity contribution in [1.29, 1.82) is 0 Å². The highest BCUT2D eigenvalue weighted by Gasteiger charge is 2.42. The first-order valence-corrected chi connectivity index (χ1v) is 4.13. The van der Waals surface area contributed by atoms with Gasteiger partial charge in [0.25, 0.3) is 0 Å². The van der Waals surface area contributed by atoms with E-state index in [4.69, 9.17) is 5.11 Å². The molecule has 3 nitrogen and oxygen atoms in total. The molecule has 0 aliphatic heterocycles. The van der Waals surface area contributed by atoms with Crippen molar-refractivity contribution in [3.05, 3.63) is 0 Å². The lowest BCUT2D eigenvalue weighted by Gasteiger charge is -2.20. The van der Waals surface area contributed by atoms with E-state index in [-0.39, 0.29) is 12.5 Å². The van der Waals surface area contributed by atoms with Crippen LogP contribution in [0.25, 0.3) is 0 Å². The van der Waals surface area contributed by atoms with Crippen LogP contribution in [-0.2, 0) is 9.53 Å². The number of rotatable bonds is 5. The van der Waals surface area contributed by atoms with Gasteiger partial charge in [-0.05, 0) is 5.92 Å². The number of carboxylic acids is 1. The smallest absolute Gasteiger partial charge is 0.415 e. The van der Waals surface area contributed by atoms with Gasteiger partial charge in [0.1, 0.15) is 0 Å². The third-order valence-electron chi connectivity index (χ3n) is 1.36. The summed E-state index contributed by atoms with van der Waals surface area (Å²) in [6, 6.07) is 0. The fourth-order valence-electron chi connectivity index (χ4n) is 0.736. The minimum atomic E-state index is -4.62. The Hall–Kier alpha value is -0.780. The highest BCUT2D eigenvalue weighted by atomic mass is 19.4. The summed E-state index contributed by atoms with van der Waals surface area (Å²) in [5, 5.41) is 8.23. The average molecular weight is 214 g/mol. The van der Waals surface area contributed by atoms with Gasteiger partial charge < -0.3 is 9.84 Å².